The lowest BCUT2D eigenvalue weighted by Crippen LogP contribution is -2.34. The van der Waals surface area contributed by atoms with E-state index in [0.29, 0.717) is 26.2 Å². The highest BCUT2D eigenvalue weighted by molar-refractivity contribution is 4.61. The van der Waals surface area contributed by atoms with Crippen LogP contribution in [0.2, 0.25) is 0 Å². The molecule has 16 heavy (non-hydrogen) atoms. The Kier molecular flexibility index (Phi) is 9.71. The summed E-state index contributed by atoms with van der Waals surface area (Å²) in [4.78, 5) is 0. The third kappa shape index (κ3) is 7.92. The first kappa shape index (κ1) is 15.7. The molecule has 0 bridgehead atoms. The van der Waals surface area contributed by atoms with E-state index in [2.05, 4.69) is 5.32 Å². The molecular formula is C10H21F2NO3. The van der Waals surface area contributed by atoms with Gasteiger partial charge in [-0.05, 0) is 13.8 Å². The van der Waals surface area contributed by atoms with Gasteiger partial charge in [0.25, 0.3) is 6.43 Å². The molecule has 0 saturated heterocycles. The number of halogens is 2. The molecule has 98 valence electrons. The van der Waals surface area contributed by atoms with Crippen LogP contribution in [-0.4, -0.2) is 50.2 Å². The minimum Gasteiger partial charge on any atom is -0.386 e. The molecule has 0 aliphatic heterocycles. The molecule has 0 fully saturated rings. The van der Waals surface area contributed by atoms with E-state index in [1.54, 1.807) is 0 Å². The van der Waals surface area contributed by atoms with Gasteiger partial charge in [-0.25, -0.2) is 8.78 Å². The van der Waals surface area contributed by atoms with Crippen molar-refractivity contribution in [1.29, 1.82) is 0 Å². The summed E-state index contributed by atoms with van der Waals surface area (Å²) in [6.45, 7) is 5.16. The summed E-state index contributed by atoms with van der Waals surface area (Å²) in [5, 5.41) is 11.5. The fourth-order valence-electron chi connectivity index (χ4n) is 1.15. The van der Waals surface area contributed by atoms with Crippen molar-refractivity contribution in [2.75, 3.05) is 26.3 Å². The number of ether oxygens (including phenoxy) is 2. The van der Waals surface area contributed by atoms with Gasteiger partial charge in [-0.15, -0.1) is 0 Å². The van der Waals surface area contributed by atoms with Crippen LogP contribution in [0.25, 0.3) is 0 Å². The molecule has 0 aromatic rings. The summed E-state index contributed by atoms with van der Waals surface area (Å²) >= 11 is 0. The van der Waals surface area contributed by atoms with Crippen LogP contribution >= 0.6 is 0 Å². The zero-order valence-electron chi connectivity index (χ0n) is 9.79. The van der Waals surface area contributed by atoms with Crippen molar-refractivity contribution in [3.05, 3.63) is 0 Å². The van der Waals surface area contributed by atoms with E-state index >= 15 is 0 Å². The van der Waals surface area contributed by atoms with Crippen LogP contribution in [0.1, 0.15) is 20.3 Å². The molecule has 0 aromatic heterocycles. The highest BCUT2D eigenvalue weighted by Crippen LogP contribution is 2.01. The predicted molar refractivity (Wildman–Crippen MR) is 56.5 cm³/mol. The van der Waals surface area contributed by atoms with Gasteiger partial charge < -0.3 is 19.9 Å². The molecule has 0 amide bonds. The van der Waals surface area contributed by atoms with Gasteiger partial charge in [-0.1, -0.05) is 0 Å². The minimum absolute atomic E-state index is 0.122. The van der Waals surface area contributed by atoms with Crippen LogP contribution in [0, 0.1) is 0 Å². The highest BCUT2D eigenvalue weighted by atomic mass is 19.3. The largest absolute Gasteiger partial charge is 0.386 e. The number of nitrogens with one attached hydrogen (secondary N) is 1. The van der Waals surface area contributed by atoms with Crippen LogP contribution in [0.5, 0.6) is 0 Å². The average Bonchev–Trinajstić information content (AvgIpc) is 2.24. The molecule has 0 saturated carbocycles. The third-order valence-corrected chi connectivity index (χ3v) is 1.91. The normalized spacial score (nSPS) is 13.7. The average molecular weight is 241 g/mol. The number of aliphatic hydroxyl groups is 1. The zero-order chi connectivity index (χ0) is 12.4. The van der Waals surface area contributed by atoms with Crippen molar-refractivity contribution in [2.24, 2.45) is 0 Å². The standard InChI is InChI=1S/C10H21F2NO3/c1-3-15-9(16-4-2)5-6-13-7-8(14)10(11)12/h8-10,13-14H,3-7H2,1-2H3. The maximum Gasteiger partial charge on any atom is 0.265 e. The third-order valence-electron chi connectivity index (χ3n) is 1.91. The summed E-state index contributed by atoms with van der Waals surface area (Å²) in [6.07, 6.45) is -4.07. The second-order valence-corrected chi connectivity index (χ2v) is 3.23. The van der Waals surface area contributed by atoms with Gasteiger partial charge >= 0.3 is 0 Å². The van der Waals surface area contributed by atoms with Gasteiger partial charge in [-0.2, -0.15) is 0 Å². The van der Waals surface area contributed by atoms with E-state index < -0.39 is 12.5 Å². The fourth-order valence-corrected chi connectivity index (χ4v) is 1.15. The maximum atomic E-state index is 11.9. The lowest BCUT2D eigenvalue weighted by Gasteiger charge is -2.17. The maximum absolute atomic E-state index is 11.9. The first-order chi connectivity index (χ1) is 7.61. The summed E-state index contributed by atoms with van der Waals surface area (Å²) in [7, 11) is 0. The van der Waals surface area contributed by atoms with Crippen LogP contribution in [-0.2, 0) is 9.47 Å². The van der Waals surface area contributed by atoms with E-state index in [9.17, 15) is 8.78 Å². The highest BCUT2D eigenvalue weighted by Gasteiger charge is 2.16. The van der Waals surface area contributed by atoms with E-state index in [1.807, 2.05) is 13.8 Å². The Morgan fingerprint density at radius 3 is 2.19 bits per heavy atom. The molecule has 4 nitrogen and oxygen atoms in total. The Morgan fingerprint density at radius 2 is 1.75 bits per heavy atom. The first-order valence-electron chi connectivity index (χ1n) is 5.51. The predicted octanol–water partition coefficient (Wildman–Crippen LogP) is 0.991. The molecule has 6 heteroatoms. The van der Waals surface area contributed by atoms with Crippen LogP contribution in [0.4, 0.5) is 8.78 Å². The molecule has 0 aliphatic rings. The number of hydrogen-bond acceptors (Lipinski definition) is 4. The molecule has 0 spiro atoms. The summed E-state index contributed by atoms with van der Waals surface area (Å²) in [6, 6.07) is 0. The Bertz CT molecular complexity index is 155. The van der Waals surface area contributed by atoms with Gasteiger partial charge in [0.1, 0.15) is 6.10 Å². The first-order valence-corrected chi connectivity index (χ1v) is 5.51. The lowest BCUT2D eigenvalue weighted by molar-refractivity contribution is -0.138. The minimum atomic E-state index is -2.71. The molecule has 0 heterocycles. The molecule has 0 radical (unpaired) electrons. The summed E-state index contributed by atoms with van der Waals surface area (Å²) in [5.74, 6) is 0. The monoisotopic (exact) mass is 241 g/mol. The van der Waals surface area contributed by atoms with Gasteiger partial charge in [0.15, 0.2) is 6.29 Å². The second-order valence-electron chi connectivity index (χ2n) is 3.23. The van der Waals surface area contributed by atoms with E-state index in [0.717, 1.165) is 0 Å². The number of alkyl halides is 2. The van der Waals surface area contributed by atoms with Crippen molar-refractivity contribution in [2.45, 2.75) is 39.1 Å². The number of rotatable bonds is 10. The Hall–Kier alpha value is -0.300. The lowest BCUT2D eigenvalue weighted by atomic mass is 10.3. The van der Waals surface area contributed by atoms with Crippen LogP contribution in [0.15, 0.2) is 0 Å². The topological polar surface area (TPSA) is 50.7 Å². The zero-order valence-corrected chi connectivity index (χ0v) is 9.79. The molecule has 0 aliphatic carbocycles. The van der Waals surface area contributed by atoms with Crippen LogP contribution < -0.4 is 5.32 Å². The molecule has 0 aromatic carbocycles. The SMILES string of the molecule is CCOC(CCNCC(O)C(F)F)OCC. The fraction of sp³-hybridized carbons (Fsp3) is 1.00. The molecule has 2 N–H and O–H groups in total. The van der Waals surface area contributed by atoms with Gasteiger partial charge in [-0.3, -0.25) is 0 Å². The van der Waals surface area contributed by atoms with E-state index in [1.165, 1.54) is 0 Å². The Morgan fingerprint density at radius 1 is 1.19 bits per heavy atom. The second kappa shape index (κ2) is 9.89. The van der Waals surface area contributed by atoms with Crippen molar-refractivity contribution >= 4 is 0 Å². The Labute approximate surface area is 94.9 Å². The molecular weight excluding hydrogens is 220 g/mol. The van der Waals surface area contributed by atoms with Crippen molar-refractivity contribution in [3.63, 3.8) is 0 Å². The van der Waals surface area contributed by atoms with Crippen LogP contribution in [0.3, 0.4) is 0 Å². The summed E-state index contributed by atoms with van der Waals surface area (Å²) in [5.41, 5.74) is 0. The van der Waals surface area contributed by atoms with E-state index in [-0.39, 0.29) is 12.8 Å². The van der Waals surface area contributed by atoms with E-state index in [4.69, 9.17) is 14.6 Å². The number of aliphatic hydroxyl groups excluding tert-OH is 1. The van der Waals surface area contributed by atoms with Gasteiger partial charge in [0.2, 0.25) is 0 Å². The molecule has 0 rings (SSSR count). The quantitative estimate of drug-likeness (QED) is 0.442. The van der Waals surface area contributed by atoms with Crippen molar-refractivity contribution < 1.29 is 23.4 Å². The van der Waals surface area contributed by atoms with Crippen molar-refractivity contribution in [3.8, 4) is 0 Å². The molecule has 1 unspecified atom stereocenters. The number of hydrogen-bond donors (Lipinski definition) is 2. The van der Waals surface area contributed by atoms with Gasteiger partial charge in [0, 0.05) is 32.7 Å². The summed E-state index contributed by atoms with van der Waals surface area (Å²) < 4.78 is 34.4. The smallest absolute Gasteiger partial charge is 0.265 e. The van der Waals surface area contributed by atoms with Gasteiger partial charge in [0.05, 0.1) is 0 Å². The molecule has 1 atom stereocenters. The Balaban J connectivity index is 3.53. The van der Waals surface area contributed by atoms with Crippen molar-refractivity contribution in [1.82, 2.24) is 5.32 Å².